The standard InChI is InChI=1S/C20H24N2O3/c1-19(2)8-13-9-20(3,11-19)12-22(13)16(23)10-21-17(24)14-6-4-5-7-15(14)18(21)25/h4-7,13H,8-12H2,1-3H3/t13-,20+/m0/s1. The Hall–Kier alpha value is -2.17. The predicted octanol–water partition coefficient (Wildman–Crippen LogP) is 2.71. The highest BCUT2D eigenvalue weighted by Crippen LogP contribution is 2.52. The van der Waals surface area contributed by atoms with Gasteiger partial charge in [0.1, 0.15) is 6.54 Å². The zero-order chi connectivity index (χ0) is 18.0. The van der Waals surface area contributed by atoms with Gasteiger partial charge in [0.2, 0.25) is 5.91 Å². The second-order valence-electron chi connectivity index (χ2n) is 8.98. The van der Waals surface area contributed by atoms with Gasteiger partial charge in [0.25, 0.3) is 11.8 Å². The summed E-state index contributed by atoms with van der Waals surface area (Å²) < 4.78 is 0. The highest BCUT2D eigenvalue weighted by Gasteiger charge is 2.51. The molecule has 1 aromatic rings. The molecule has 0 radical (unpaired) electrons. The summed E-state index contributed by atoms with van der Waals surface area (Å²) in [5.74, 6) is -0.828. The Morgan fingerprint density at radius 3 is 2.28 bits per heavy atom. The van der Waals surface area contributed by atoms with Gasteiger partial charge in [-0.15, -0.1) is 0 Å². The van der Waals surface area contributed by atoms with Crippen LogP contribution in [-0.4, -0.2) is 46.7 Å². The largest absolute Gasteiger partial charge is 0.338 e. The van der Waals surface area contributed by atoms with E-state index in [1.165, 1.54) is 0 Å². The zero-order valence-corrected chi connectivity index (χ0v) is 15.0. The normalized spacial score (nSPS) is 30.0. The van der Waals surface area contributed by atoms with Gasteiger partial charge >= 0.3 is 0 Å². The van der Waals surface area contributed by atoms with Crippen LogP contribution in [0.15, 0.2) is 24.3 Å². The molecule has 25 heavy (non-hydrogen) atoms. The number of carbonyl (C=O) groups is 3. The number of nitrogens with zero attached hydrogens (tertiary/aromatic N) is 2. The van der Waals surface area contributed by atoms with Crippen molar-refractivity contribution >= 4 is 17.7 Å². The van der Waals surface area contributed by atoms with Crippen LogP contribution in [0.2, 0.25) is 0 Å². The number of benzene rings is 1. The van der Waals surface area contributed by atoms with E-state index in [4.69, 9.17) is 0 Å². The quantitative estimate of drug-likeness (QED) is 0.778. The summed E-state index contributed by atoms with van der Waals surface area (Å²) in [5, 5.41) is 0. The molecule has 1 saturated heterocycles. The lowest BCUT2D eigenvalue weighted by molar-refractivity contribution is -0.132. The van der Waals surface area contributed by atoms with Gasteiger partial charge in [-0.1, -0.05) is 32.9 Å². The van der Waals surface area contributed by atoms with Crippen LogP contribution in [-0.2, 0) is 4.79 Å². The third-order valence-electron chi connectivity index (χ3n) is 5.91. The van der Waals surface area contributed by atoms with Crippen LogP contribution in [0.1, 0.15) is 60.7 Å². The Morgan fingerprint density at radius 1 is 1.08 bits per heavy atom. The average Bonchev–Trinajstić information content (AvgIpc) is 2.92. The van der Waals surface area contributed by atoms with Gasteiger partial charge in [0.05, 0.1) is 11.1 Å². The van der Waals surface area contributed by atoms with Crippen molar-refractivity contribution in [3.8, 4) is 0 Å². The number of carbonyl (C=O) groups excluding carboxylic acids is 3. The van der Waals surface area contributed by atoms with E-state index >= 15 is 0 Å². The fraction of sp³-hybridized carbons (Fsp3) is 0.550. The molecule has 3 amide bonds. The maximum absolute atomic E-state index is 12.9. The molecule has 2 atom stereocenters. The lowest BCUT2D eigenvalue weighted by atomic mass is 9.65. The molecule has 1 saturated carbocycles. The summed E-state index contributed by atoms with van der Waals surface area (Å²) in [4.78, 5) is 40.9. The molecule has 0 N–H and O–H groups in total. The summed E-state index contributed by atoms with van der Waals surface area (Å²) in [6, 6.07) is 6.99. The first-order chi connectivity index (χ1) is 11.7. The monoisotopic (exact) mass is 340 g/mol. The molecule has 0 aromatic heterocycles. The van der Waals surface area contributed by atoms with Gasteiger partial charge in [-0.05, 0) is 42.2 Å². The Bertz CT molecular complexity index is 750. The molecule has 3 aliphatic rings. The van der Waals surface area contributed by atoms with Crippen molar-refractivity contribution in [3.63, 3.8) is 0 Å². The fourth-order valence-electron chi connectivity index (χ4n) is 5.36. The number of hydrogen-bond donors (Lipinski definition) is 0. The summed E-state index contributed by atoms with van der Waals surface area (Å²) in [6.07, 6.45) is 3.11. The van der Waals surface area contributed by atoms with E-state index in [1.807, 2.05) is 4.90 Å². The number of rotatable bonds is 2. The second-order valence-corrected chi connectivity index (χ2v) is 8.98. The molecule has 2 heterocycles. The number of amides is 3. The Kier molecular flexibility index (Phi) is 3.37. The van der Waals surface area contributed by atoms with Crippen molar-refractivity contribution in [2.45, 2.75) is 46.1 Å². The number of imide groups is 1. The first-order valence-corrected chi connectivity index (χ1v) is 8.94. The van der Waals surface area contributed by atoms with Crippen LogP contribution in [0.5, 0.6) is 0 Å². The summed E-state index contributed by atoms with van der Waals surface area (Å²) in [5.41, 5.74) is 1.16. The highest BCUT2D eigenvalue weighted by molar-refractivity contribution is 6.22. The van der Waals surface area contributed by atoms with Crippen molar-refractivity contribution < 1.29 is 14.4 Å². The van der Waals surface area contributed by atoms with E-state index in [1.54, 1.807) is 24.3 Å². The predicted molar refractivity (Wildman–Crippen MR) is 93.0 cm³/mol. The van der Waals surface area contributed by atoms with Crippen LogP contribution in [0.4, 0.5) is 0 Å². The van der Waals surface area contributed by atoms with Gasteiger partial charge in [0.15, 0.2) is 0 Å². The van der Waals surface area contributed by atoms with Crippen LogP contribution in [0.25, 0.3) is 0 Å². The molecule has 2 bridgehead atoms. The van der Waals surface area contributed by atoms with Crippen molar-refractivity contribution in [2.24, 2.45) is 10.8 Å². The molecule has 2 aliphatic heterocycles. The van der Waals surface area contributed by atoms with Gasteiger partial charge in [-0.3, -0.25) is 19.3 Å². The fourth-order valence-corrected chi connectivity index (χ4v) is 5.36. The van der Waals surface area contributed by atoms with Gasteiger partial charge in [-0.2, -0.15) is 0 Å². The Balaban J connectivity index is 1.53. The van der Waals surface area contributed by atoms with Crippen molar-refractivity contribution in [1.82, 2.24) is 9.80 Å². The Labute approximate surface area is 148 Å². The zero-order valence-electron chi connectivity index (χ0n) is 15.0. The third-order valence-corrected chi connectivity index (χ3v) is 5.91. The van der Waals surface area contributed by atoms with Gasteiger partial charge in [0, 0.05) is 12.6 Å². The number of hydrogen-bond acceptors (Lipinski definition) is 3. The van der Waals surface area contributed by atoms with Crippen LogP contribution in [0.3, 0.4) is 0 Å². The average molecular weight is 340 g/mol. The van der Waals surface area contributed by atoms with E-state index in [0.717, 1.165) is 30.7 Å². The molecule has 1 aliphatic carbocycles. The molecule has 5 heteroatoms. The summed E-state index contributed by atoms with van der Waals surface area (Å²) in [7, 11) is 0. The second kappa shape index (κ2) is 5.16. The first-order valence-electron chi connectivity index (χ1n) is 8.94. The van der Waals surface area contributed by atoms with Crippen molar-refractivity contribution in [1.29, 1.82) is 0 Å². The Morgan fingerprint density at radius 2 is 1.68 bits per heavy atom. The first kappa shape index (κ1) is 16.3. The van der Waals surface area contributed by atoms with E-state index in [-0.39, 0.29) is 41.1 Å². The van der Waals surface area contributed by atoms with Gasteiger partial charge in [-0.25, -0.2) is 0 Å². The van der Waals surface area contributed by atoms with Crippen molar-refractivity contribution in [3.05, 3.63) is 35.4 Å². The van der Waals surface area contributed by atoms with E-state index < -0.39 is 0 Å². The van der Waals surface area contributed by atoms with Crippen molar-refractivity contribution in [2.75, 3.05) is 13.1 Å². The summed E-state index contributed by atoms with van der Waals surface area (Å²) in [6.45, 7) is 7.34. The molecule has 132 valence electrons. The summed E-state index contributed by atoms with van der Waals surface area (Å²) >= 11 is 0. The lowest BCUT2D eigenvalue weighted by Gasteiger charge is -2.39. The van der Waals surface area contributed by atoms with Gasteiger partial charge < -0.3 is 4.90 Å². The number of likely N-dealkylation sites (tertiary alicyclic amines) is 1. The smallest absolute Gasteiger partial charge is 0.262 e. The molecule has 2 fully saturated rings. The topological polar surface area (TPSA) is 57.7 Å². The molecule has 0 unspecified atom stereocenters. The molecule has 5 nitrogen and oxygen atoms in total. The molecule has 1 aromatic carbocycles. The maximum atomic E-state index is 12.9. The molecular formula is C20H24N2O3. The highest BCUT2D eigenvalue weighted by atomic mass is 16.2. The van der Waals surface area contributed by atoms with E-state index in [9.17, 15) is 14.4 Å². The van der Waals surface area contributed by atoms with Crippen LogP contribution in [0, 0.1) is 10.8 Å². The third kappa shape index (κ3) is 2.57. The minimum absolute atomic E-state index is 0.110. The maximum Gasteiger partial charge on any atom is 0.262 e. The minimum atomic E-state index is -0.359. The SMILES string of the molecule is CC1(C)C[C@H]2C[C@@](C)(CN2C(=O)CN2C(=O)c3ccccc3C2=O)C1. The van der Waals surface area contributed by atoms with Crippen LogP contribution < -0.4 is 0 Å². The minimum Gasteiger partial charge on any atom is -0.338 e. The lowest BCUT2D eigenvalue weighted by Crippen LogP contribution is -2.45. The van der Waals surface area contributed by atoms with Crippen LogP contribution >= 0.6 is 0 Å². The van der Waals surface area contributed by atoms with E-state index in [2.05, 4.69) is 20.8 Å². The van der Waals surface area contributed by atoms with E-state index in [0.29, 0.717) is 11.1 Å². The molecule has 4 rings (SSSR count). The molecule has 0 spiro atoms. The molecular weight excluding hydrogens is 316 g/mol. The number of fused-ring (bicyclic) bond motifs is 3.